The molecule has 0 aliphatic carbocycles. The number of aliphatic imine (C=N–C) groups is 1. The van der Waals surface area contributed by atoms with E-state index < -0.39 is 0 Å². The number of nitrogens with zero attached hydrogens (tertiary/aromatic N) is 1. The highest BCUT2D eigenvalue weighted by Gasteiger charge is 2.35. The molecule has 0 saturated carbocycles. The highest BCUT2D eigenvalue weighted by atomic mass is 31.1. The van der Waals surface area contributed by atoms with Crippen molar-refractivity contribution in [3.05, 3.63) is 77.6 Å². The zero-order valence-corrected chi connectivity index (χ0v) is 20.6. The maximum atomic E-state index is 14.2. The molecule has 4 nitrogen and oxygen atoms in total. The van der Waals surface area contributed by atoms with Gasteiger partial charge in [-0.25, -0.2) is 4.39 Å². The molecule has 0 saturated heterocycles. The predicted octanol–water partition coefficient (Wildman–Crippen LogP) is 6.71. The molecule has 3 aromatic rings. The Balaban J connectivity index is 2.11. The molecule has 0 aromatic heterocycles. The number of rotatable bonds is 10. The van der Waals surface area contributed by atoms with E-state index in [1.807, 2.05) is 42.5 Å². The van der Waals surface area contributed by atoms with E-state index in [4.69, 9.17) is 9.47 Å². The fraction of sp³-hybridized carbons (Fsp3) is 0.296. The Kier molecular flexibility index (Phi) is 8.46. The molecule has 0 spiro atoms. The number of aromatic hydroxyl groups is 1. The van der Waals surface area contributed by atoms with Crippen molar-refractivity contribution >= 4 is 25.8 Å². The van der Waals surface area contributed by atoms with Gasteiger partial charge in [-0.2, -0.15) is 0 Å². The molecule has 0 fully saturated rings. The fourth-order valence-electron chi connectivity index (χ4n) is 4.04. The predicted molar refractivity (Wildman–Crippen MR) is 136 cm³/mol. The summed E-state index contributed by atoms with van der Waals surface area (Å²) in [6, 6.07) is 18.0. The first kappa shape index (κ1) is 24.7. The second-order valence-electron chi connectivity index (χ2n) is 7.86. The minimum atomic E-state index is -0.367. The van der Waals surface area contributed by atoms with Gasteiger partial charge >= 0.3 is 0 Å². The van der Waals surface area contributed by atoms with Crippen molar-refractivity contribution in [2.24, 2.45) is 4.99 Å². The summed E-state index contributed by atoms with van der Waals surface area (Å²) in [5, 5.41) is 11.7. The van der Waals surface area contributed by atoms with Crippen molar-refractivity contribution in [2.75, 3.05) is 14.2 Å². The zero-order chi connectivity index (χ0) is 23.8. The molecule has 0 aliphatic heterocycles. The lowest BCUT2D eigenvalue weighted by Crippen LogP contribution is -2.24. The number of methoxy groups -OCH3 is 2. The maximum Gasteiger partial charge on any atom is 0.164 e. The van der Waals surface area contributed by atoms with Crippen LogP contribution in [-0.2, 0) is 5.16 Å². The third-order valence-electron chi connectivity index (χ3n) is 5.80. The normalized spacial score (nSPS) is 13.5. The van der Waals surface area contributed by atoms with Crippen LogP contribution in [0.4, 0.5) is 10.1 Å². The first-order valence-electron chi connectivity index (χ1n) is 11.1. The summed E-state index contributed by atoms with van der Waals surface area (Å²) in [5.41, 5.74) is 2.33. The second-order valence-corrected chi connectivity index (χ2v) is 9.61. The number of hydrogen-bond donors (Lipinski definition) is 1. The van der Waals surface area contributed by atoms with Crippen LogP contribution in [0.2, 0.25) is 0 Å². The third-order valence-corrected chi connectivity index (χ3v) is 7.87. The molecule has 0 radical (unpaired) electrons. The summed E-state index contributed by atoms with van der Waals surface area (Å²) in [6.07, 6.45) is 4.28. The van der Waals surface area contributed by atoms with Crippen LogP contribution in [0, 0.1) is 5.82 Å². The van der Waals surface area contributed by atoms with Crippen molar-refractivity contribution < 1.29 is 19.0 Å². The van der Waals surface area contributed by atoms with Gasteiger partial charge in [-0.1, -0.05) is 53.1 Å². The van der Waals surface area contributed by atoms with Crippen LogP contribution in [0.5, 0.6) is 17.2 Å². The van der Waals surface area contributed by atoms with Crippen molar-refractivity contribution in [1.29, 1.82) is 0 Å². The largest absolute Gasteiger partial charge is 0.504 e. The lowest BCUT2D eigenvalue weighted by molar-refractivity contribution is 0.354. The Labute approximate surface area is 197 Å². The van der Waals surface area contributed by atoms with Gasteiger partial charge in [0.1, 0.15) is 11.6 Å². The minimum absolute atomic E-state index is 0.128. The van der Waals surface area contributed by atoms with Crippen molar-refractivity contribution in [2.45, 2.75) is 38.3 Å². The Bertz CT molecular complexity index is 1100. The summed E-state index contributed by atoms with van der Waals surface area (Å²) in [4.78, 5) is 4.55. The molecule has 0 bridgehead atoms. The molecular weight excluding hydrogens is 436 g/mol. The standard InChI is InChI=1S/C27H31FNO3P/c1-5-14-27(6-2,23-16-22(31-3)17-24(32-4)26(23)30)33-25-13-12-20(28)15-19(25)18-29-21-10-8-7-9-11-21/h7-13,15-18,30,33H,5-6,14H2,1-4H3/b29-18+. The summed E-state index contributed by atoms with van der Waals surface area (Å²) in [7, 11) is 3.41. The molecule has 0 aliphatic rings. The van der Waals surface area contributed by atoms with Gasteiger partial charge in [-0.05, 0) is 48.5 Å². The molecule has 3 aromatic carbocycles. The maximum absolute atomic E-state index is 14.2. The van der Waals surface area contributed by atoms with Crippen LogP contribution in [0.25, 0.3) is 0 Å². The van der Waals surface area contributed by atoms with Crippen LogP contribution in [-0.4, -0.2) is 25.5 Å². The minimum Gasteiger partial charge on any atom is -0.504 e. The quantitative estimate of drug-likeness (QED) is 0.266. The molecule has 174 valence electrons. The van der Waals surface area contributed by atoms with E-state index in [2.05, 4.69) is 18.8 Å². The molecule has 0 amide bonds. The van der Waals surface area contributed by atoms with Crippen LogP contribution in [0.3, 0.4) is 0 Å². The molecule has 2 atom stereocenters. The van der Waals surface area contributed by atoms with E-state index in [0.29, 0.717) is 11.5 Å². The SMILES string of the molecule is CCCC(CC)(Pc1ccc(F)cc1/C=N/c1ccccc1)c1cc(OC)cc(OC)c1O. The number of para-hydroxylation sites is 1. The van der Waals surface area contributed by atoms with Crippen LogP contribution in [0.15, 0.2) is 65.7 Å². The molecule has 6 heteroatoms. The average Bonchev–Trinajstić information content (AvgIpc) is 2.84. The Morgan fingerprint density at radius 3 is 2.42 bits per heavy atom. The second kappa shape index (κ2) is 11.3. The van der Waals surface area contributed by atoms with Gasteiger partial charge in [0.15, 0.2) is 11.5 Å². The number of phenols is 1. The monoisotopic (exact) mass is 467 g/mol. The van der Waals surface area contributed by atoms with E-state index in [1.54, 1.807) is 19.4 Å². The Hall–Kier alpha value is -2.91. The van der Waals surface area contributed by atoms with E-state index in [0.717, 1.165) is 41.4 Å². The Morgan fingerprint density at radius 1 is 1.03 bits per heavy atom. The smallest absolute Gasteiger partial charge is 0.164 e. The summed E-state index contributed by atoms with van der Waals surface area (Å²) >= 11 is 0. The topological polar surface area (TPSA) is 51.0 Å². The van der Waals surface area contributed by atoms with Crippen LogP contribution < -0.4 is 14.8 Å². The van der Waals surface area contributed by atoms with E-state index in [9.17, 15) is 9.50 Å². The van der Waals surface area contributed by atoms with Gasteiger partial charge in [0.2, 0.25) is 0 Å². The number of hydrogen-bond acceptors (Lipinski definition) is 4. The lowest BCUT2D eigenvalue weighted by atomic mass is 9.89. The molecule has 1 N–H and O–H groups in total. The summed E-state index contributed by atoms with van der Waals surface area (Å²) < 4.78 is 25.1. The van der Waals surface area contributed by atoms with Gasteiger partial charge in [0.25, 0.3) is 0 Å². The number of benzene rings is 3. The number of ether oxygens (including phenoxy) is 2. The van der Waals surface area contributed by atoms with Crippen LogP contribution in [0.1, 0.15) is 44.2 Å². The third kappa shape index (κ3) is 5.72. The lowest BCUT2D eigenvalue weighted by Gasteiger charge is -2.35. The summed E-state index contributed by atoms with van der Waals surface area (Å²) in [5.74, 6) is 0.834. The zero-order valence-electron chi connectivity index (χ0n) is 19.6. The van der Waals surface area contributed by atoms with E-state index in [1.165, 1.54) is 19.2 Å². The van der Waals surface area contributed by atoms with Gasteiger partial charge in [0.05, 0.1) is 19.9 Å². The van der Waals surface area contributed by atoms with Crippen molar-refractivity contribution in [3.63, 3.8) is 0 Å². The average molecular weight is 468 g/mol. The first-order valence-corrected chi connectivity index (χ1v) is 12.1. The number of phenolic OH excluding ortho intramolecular Hbond substituents is 1. The van der Waals surface area contributed by atoms with Gasteiger partial charge in [0, 0.05) is 28.6 Å². The molecule has 33 heavy (non-hydrogen) atoms. The van der Waals surface area contributed by atoms with Gasteiger partial charge in [-0.15, -0.1) is 0 Å². The number of halogens is 1. The molecule has 2 unspecified atom stereocenters. The van der Waals surface area contributed by atoms with Crippen LogP contribution >= 0.6 is 8.58 Å². The fourth-order valence-corrected chi connectivity index (χ4v) is 5.88. The van der Waals surface area contributed by atoms with Gasteiger partial charge < -0.3 is 14.6 Å². The molecule has 0 heterocycles. The van der Waals surface area contributed by atoms with E-state index in [-0.39, 0.29) is 25.3 Å². The highest BCUT2D eigenvalue weighted by Crippen LogP contribution is 2.53. The first-order chi connectivity index (χ1) is 16.0. The Morgan fingerprint density at radius 2 is 1.79 bits per heavy atom. The molecule has 3 rings (SSSR count). The van der Waals surface area contributed by atoms with Crippen molar-refractivity contribution in [3.8, 4) is 17.2 Å². The highest BCUT2D eigenvalue weighted by molar-refractivity contribution is 7.48. The van der Waals surface area contributed by atoms with Crippen molar-refractivity contribution in [1.82, 2.24) is 0 Å². The van der Waals surface area contributed by atoms with Gasteiger partial charge in [-0.3, -0.25) is 4.99 Å². The van der Waals surface area contributed by atoms with E-state index >= 15 is 0 Å². The molecular formula is C27H31FNO3P. The summed E-state index contributed by atoms with van der Waals surface area (Å²) in [6.45, 7) is 4.25.